The summed E-state index contributed by atoms with van der Waals surface area (Å²) in [5.74, 6) is 0. The fourth-order valence-corrected chi connectivity index (χ4v) is 2.34. The van der Waals surface area contributed by atoms with E-state index in [-0.39, 0.29) is 29.1 Å². The van der Waals surface area contributed by atoms with Crippen LogP contribution in [-0.4, -0.2) is 0 Å². The minimum Gasteiger partial charge on any atom is -1.00 e. The third-order valence-corrected chi connectivity index (χ3v) is 3.20. The van der Waals surface area contributed by atoms with Crippen LogP contribution < -0.4 is 0 Å². The second-order valence-corrected chi connectivity index (χ2v) is 4.40. The first kappa shape index (κ1) is 14.2. The van der Waals surface area contributed by atoms with E-state index in [1.807, 2.05) is 18.2 Å². The van der Waals surface area contributed by atoms with Crippen molar-refractivity contribution in [3.8, 4) is 11.1 Å². The maximum atomic E-state index is 3.30. The molecule has 0 amide bonds. The third-order valence-electron chi connectivity index (χ3n) is 3.20. The Labute approximate surface area is 137 Å². The molecule has 92 valence electrons. The first-order valence-corrected chi connectivity index (χ1v) is 6.25. The molecule has 0 nitrogen and oxygen atoms in total. The van der Waals surface area contributed by atoms with E-state index in [1.165, 1.54) is 22.3 Å². The van der Waals surface area contributed by atoms with Crippen LogP contribution in [0.5, 0.6) is 0 Å². The Balaban J connectivity index is 0.000000437. The molecular formula is C18H16Zr. The van der Waals surface area contributed by atoms with Gasteiger partial charge in [0, 0.05) is 0 Å². The number of benzene rings is 2. The summed E-state index contributed by atoms with van der Waals surface area (Å²) in [5.41, 5.74) is 5.51. The minimum atomic E-state index is 0. The van der Waals surface area contributed by atoms with Crippen molar-refractivity contribution in [1.29, 1.82) is 0 Å². The van der Waals surface area contributed by atoms with E-state index in [4.69, 9.17) is 0 Å². The molecule has 0 aliphatic heterocycles. The molecule has 0 unspecified atom stereocenters. The fraction of sp³-hybridized carbons (Fsp3) is 0.111. The average Bonchev–Trinajstić information content (AvgIpc) is 3.10. The molecular weight excluding hydrogens is 307 g/mol. The first-order chi connectivity index (χ1) is 8.95. The van der Waals surface area contributed by atoms with Crippen LogP contribution >= 0.6 is 0 Å². The monoisotopic (exact) mass is 322 g/mol. The van der Waals surface area contributed by atoms with Gasteiger partial charge < -0.3 is 2.85 Å². The summed E-state index contributed by atoms with van der Waals surface area (Å²) in [6, 6.07) is 18.1. The van der Waals surface area contributed by atoms with E-state index in [0.29, 0.717) is 0 Å². The quantitative estimate of drug-likeness (QED) is 0.531. The van der Waals surface area contributed by atoms with Gasteiger partial charge in [-0.2, -0.15) is 35.9 Å². The van der Waals surface area contributed by atoms with Crippen LogP contribution in [0.3, 0.4) is 0 Å². The minimum absolute atomic E-state index is 0. The van der Waals surface area contributed by atoms with E-state index >= 15 is 0 Å². The SMILES string of the molecule is [C-]1=CC=CC1.[H-].[H-].[Zr+4].[c-]1cccc2c1Cc1ccccc1-2. The number of allylic oxidation sites excluding steroid dienone is 4. The van der Waals surface area contributed by atoms with Crippen molar-refractivity contribution in [2.45, 2.75) is 12.8 Å². The summed E-state index contributed by atoms with van der Waals surface area (Å²) in [5, 5.41) is 0. The van der Waals surface area contributed by atoms with E-state index in [2.05, 4.69) is 54.6 Å². The molecule has 0 spiro atoms. The molecule has 0 saturated carbocycles. The standard InChI is InChI=1S/C13H9.C5H5.Zr.2H/c1-3-7-12-10(5-1)9-11-6-2-4-8-13(11)12;1-2-4-5-3-1;;;/h1-5,7-8H,9H2;1-3H,4H2;;;/q2*-1;+4;2*-1. The zero-order chi connectivity index (χ0) is 12.2. The van der Waals surface area contributed by atoms with Crippen LogP contribution in [0, 0.1) is 12.1 Å². The fourth-order valence-electron chi connectivity index (χ4n) is 2.34. The Hall–Kier alpha value is -1.20. The predicted molar refractivity (Wildman–Crippen MR) is 77.3 cm³/mol. The summed E-state index contributed by atoms with van der Waals surface area (Å²) in [7, 11) is 0. The van der Waals surface area contributed by atoms with Crippen molar-refractivity contribution in [3.05, 3.63) is 84.0 Å². The molecule has 0 radical (unpaired) electrons. The van der Waals surface area contributed by atoms with Gasteiger partial charge in [-0.1, -0.05) is 35.4 Å². The smallest absolute Gasteiger partial charge is 1.00 e. The zero-order valence-corrected chi connectivity index (χ0v) is 13.1. The maximum Gasteiger partial charge on any atom is 4.00 e. The van der Waals surface area contributed by atoms with Gasteiger partial charge in [0.1, 0.15) is 0 Å². The molecule has 4 rings (SSSR count). The van der Waals surface area contributed by atoms with Crippen LogP contribution in [0.25, 0.3) is 11.1 Å². The van der Waals surface area contributed by atoms with Crippen molar-refractivity contribution in [1.82, 2.24) is 0 Å². The van der Waals surface area contributed by atoms with Gasteiger partial charge in [-0.3, -0.25) is 6.08 Å². The molecule has 0 aromatic heterocycles. The third kappa shape index (κ3) is 3.22. The van der Waals surface area contributed by atoms with Crippen LogP contribution in [0.4, 0.5) is 0 Å². The Morgan fingerprint density at radius 1 is 1.00 bits per heavy atom. The van der Waals surface area contributed by atoms with Gasteiger partial charge in [0.2, 0.25) is 0 Å². The van der Waals surface area contributed by atoms with E-state index in [0.717, 1.165) is 12.8 Å². The van der Waals surface area contributed by atoms with Gasteiger partial charge >= 0.3 is 26.2 Å². The van der Waals surface area contributed by atoms with Crippen molar-refractivity contribution >= 4 is 0 Å². The molecule has 0 bridgehead atoms. The molecule has 2 aliphatic rings. The Bertz CT molecular complexity index is 565. The van der Waals surface area contributed by atoms with Gasteiger partial charge in [0.15, 0.2) is 0 Å². The maximum absolute atomic E-state index is 3.30. The molecule has 0 fully saturated rings. The summed E-state index contributed by atoms with van der Waals surface area (Å²) in [6.45, 7) is 0. The molecule has 2 aromatic carbocycles. The van der Waals surface area contributed by atoms with Crippen LogP contribution in [0.1, 0.15) is 20.4 Å². The predicted octanol–water partition coefficient (Wildman–Crippen LogP) is 4.59. The second-order valence-electron chi connectivity index (χ2n) is 4.40. The second kappa shape index (κ2) is 6.82. The van der Waals surface area contributed by atoms with Gasteiger partial charge in [0.25, 0.3) is 0 Å². The van der Waals surface area contributed by atoms with Crippen LogP contribution in [0.15, 0.2) is 60.7 Å². The average molecular weight is 324 g/mol. The van der Waals surface area contributed by atoms with Gasteiger partial charge in [-0.15, -0.1) is 12.0 Å². The molecule has 0 atom stereocenters. The van der Waals surface area contributed by atoms with Gasteiger partial charge in [0.05, 0.1) is 0 Å². The van der Waals surface area contributed by atoms with Crippen LogP contribution in [-0.2, 0) is 32.6 Å². The van der Waals surface area contributed by atoms with E-state index in [9.17, 15) is 0 Å². The molecule has 19 heavy (non-hydrogen) atoms. The summed E-state index contributed by atoms with van der Waals surface area (Å²) in [6.07, 6.45) is 11.0. The largest absolute Gasteiger partial charge is 4.00 e. The summed E-state index contributed by atoms with van der Waals surface area (Å²) in [4.78, 5) is 0. The van der Waals surface area contributed by atoms with Crippen molar-refractivity contribution < 1.29 is 29.1 Å². The Morgan fingerprint density at radius 2 is 1.84 bits per heavy atom. The molecule has 2 aromatic rings. The normalized spacial score (nSPS) is 13.1. The number of fused-ring (bicyclic) bond motifs is 3. The molecule has 0 saturated heterocycles. The van der Waals surface area contributed by atoms with Crippen molar-refractivity contribution in [2.24, 2.45) is 0 Å². The van der Waals surface area contributed by atoms with Crippen molar-refractivity contribution in [3.63, 3.8) is 0 Å². The Kier molecular flexibility index (Phi) is 5.10. The molecule has 2 aliphatic carbocycles. The number of rotatable bonds is 0. The number of hydrogen-bond acceptors (Lipinski definition) is 0. The van der Waals surface area contributed by atoms with E-state index < -0.39 is 0 Å². The zero-order valence-electron chi connectivity index (χ0n) is 12.7. The van der Waals surface area contributed by atoms with Crippen molar-refractivity contribution in [2.75, 3.05) is 0 Å². The summed E-state index contributed by atoms with van der Waals surface area (Å²) < 4.78 is 0. The Morgan fingerprint density at radius 3 is 2.58 bits per heavy atom. The molecule has 0 N–H and O–H groups in total. The van der Waals surface area contributed by atoms with E-state index in [1.54, 1.807) is 0 Å². The molecule has 1 heteroatoms. The molecule has 0 heterocycles. The first-order valence-electron chi connectivity index (χ1n) is 6.25. The van der Waals surface area contributed by atoms with Crippen LogP contribution in [0.2, 0.25) is 0 Å². The van der Waals surface area contributed by atoms with Gasteiger partial charge in [-0.05, 0) is 6.42 Å². The topological polar surface area (TPSA) is 0 Å². The number of hydrogen-bond donors (Lipinski definition) is 0. The van der Waals surface area contributed by atoms with Gasteiger partial charge in [-0.25, -0.2) is 12.2 Å². The summed E-state index contributed by atoms with van der Waals surface area (Å²) >= 11 is 0.